The Hall–Kier alpha value is -1.56. The summed E-state index contributed by atoms with van der Waals surface area (Å²) < 4.78 is 3.56. The highest BCUT2D eigenvalue weighted by Crippen LogP contribution is 2.20. The van der Waals surface area contributed by atoms with Crippen molar-refractivity contribution in [3.63, 3.8) is 0 Å². The number of likely N-dealkylation sites (N-methyl/N-ethyl adjacent to an activating group) is 1. The lowest BCUT2D eigenvalue weighted by atomic mass is 10.4. The van der Waals surface area contributed by atoms with Crippen LogP contribution in [-0.2, 0) is 24.3 Å². The zero-order valence-electron chi connectivity index (χ0n) is 10.9. The van der Waals surface area contributed by atoms with E-state index in [9.17, 15) is 4.79 Å². The molecule has 7 heteroatoms. The number of rotatable bonds is 3. The quantitative estimate of drug-likeness (QED) is 0.778. The predicted octanol–water partition coefficient (Wildman–Crippen LogP) is 0.905. The number of imidazole rings is 1. The van der Waals surface area contributed by atoms with Crippen LogP contribution in [0.2, 0.25) is 0 Å². The summed E-state index contributed by atoms with van der Waals surface area (Å²) in [5.74, 6) is 0.965. The summed E-state index contributed by atoms with van der Waals surface area (Å²) in [4.78, 5) is 17.8. The Bertz CT molecular complexity index is 598. The van der Waals surface area contributed by atoms with Gasteiger partial charge >= 0.3 is 0 Å². The molecule has 0 N–H and O–H groups in total. The first-order valence-corrected chi connectivity index (χ1v) is 6.14. The third-order valence-electron chi connectivity index (χ3n) is 2.88. The summed E-state index contributed by atoms with van der Waals surface area (Å²) in [6, 6.07) is 0. The number of hydrogen-bond donors (Lipinski definition) is 0. The number of halogens is 1. The average molecular weight is 270 g/mol. The maximum absolute atomic E-state index is 11.8. The summed E-state index contributed by atoms with van der Waals surface area (Å²) in [6.45, 7) is 2.12. The van der Waals surface area contributed by atoms with E-state index in [4.69, 9.17) is 11.6 Å². The van der Waals surface area contributed by atoms with Gasteiger partial charge in [-0.2, -0.15) is 5.10 Å². The van der Waals surface area contributed by atoms with Crippen LogP contribution in [0.3, 0.4) is 0 Å². The number of nitrogens with zero attached hydrogens (tertiary/aromatic N) is 5. The minimum atomic E-state index is -0.000445. The summed E-state index contributed by atoms with van der Waals surface area (Å²) in [7, 11) is 5.29. The van der Waals surface area contributed by atoms with Crippen molar-refractivity contribution in [2.75, 3.05) is 14.1 Å². The molecule has 2 aromatic heterocycles. The fraction of sp³-hybridized carbons (Fsp3) is 0.545. The number of aromatic nitrogens is 4. The SMILES string of the molecule is Cc1nn(C)c2c1nc(CCl)n2CC(=O)N(C)C. The smallest absolute Gasteiger partial charge is 0.242 e. The molecule has 0 saturated heterocycles. The minimum Gasteiger partial charge on any atom is -0.347 e. The fourth-order valence-corrected chi connectivity index (χ4v) is 2.13. The maximum atomic E-state index is 11.8. The van der Waals surface area contributed by atoms with Gasteiger partial charge in [0.1, 0.15) is 17.9 Å². The molecule has 2 heterocycles. The molecular formula is C11H16ClN5O. The van der Waals surface area contributed by atoms with Crippen LogP contribution < -0.4 is 0 Å². The number of hydrogen-bond acceptors (Lipinski definition) is 3. The fourth-order valence-electron chi connectivity index (χ4n) is 1.92. The number of amides is 1. The lowest BCUT2D eigenvalue weighted by molar-refractivity contribution is -0.129. The van der Waals surface area contributed by atoms with E-state index >= 15 is 0 Å². The summed E-state index contributed by atoms with van der Waals surface area (Å²) in [5.41, 5.74) is 2.48. The van der Waals surface area contributed by atoms with Gasteiger partial charge in [-0.15, -0.1) is 11.6 Å². The van der Waals surface area contributed by atoms with E-state index in [1.54, 1.807) is 23.7 Å². The Morgan fingerprint density at radius 1 is 1.44 bits per heavy atom. The Morgan fingerprint density at radius 2 is 2.11 bits per heavy atom. The number of aryl methyl sites for hydroxylation is 2. The zero-order valence-corrected chi connectivity index (χ0v) is 11.7. The van der Waals surface area contributed by atoms with E-state index in [1.165, 1.54) is 0 Å². The molecule has 0 bridgehead atoms. The highest BCUT2D eigenvalue weighted by Gasteiger charge is 2.19. The summed E-state index contributed by atoms with van der Waals surface area (Å²) in [5, 5.41) is 4.30. The third kappa shape index (κ3) is 1.96. The molecule has 0 aromatic carbocycles. The molecule has 1 amide bonds. The largest absolute Gasteiger partial charge is 0.347 e. The lowest BCUT2D eigenvalue weighted by Gasteiger charge is -2.12. The third-order valence-corrected chi connectivity index (χ3v) is 3.12. The molecule has 0 saturated carbocycles. The van der Waals surface area contributed by atoms with Crippen LogP contribution in [0, 0.1) is 6.92 Å². The molecule has 0 unspecified atom stereocenters. The lowest BCUT2D eigenvalue weighted by Crippen LogP contribution is -2.27. The van der Waals surface area contributed by atoms with E-state index < -0.39 is 0 Å². The van der Waals surface area contributed by atoms with Crippen molar-refractivity contribution >= 4 is 28.7 Å². The van der Waals surface area contributed by atoms with Gasteiger partial charge in [-0.1, -0.05) is 0 Å². The molecule has 2 aromatic rings. The van der Waals surface area contributed by atoms with E-state index in [0.29, 0.717) is 5.82 Å². The highest BCUT2D eigenvalue weighted by molar-refractivity contribution is 6.16. The van der Waals surface area contributed by atoms with Gasteiger partial charge in [-0.25, -0.2) is 4.98 Å². The summed E-state index contributed by atoms with van der Waals surface area (Å²) >= 11 is 5.89. The van der Waals surface area contributed by atoms with E-state index in [0.717, 1.165) is 16.9 Å². The first kappa shape index (κ1) is 12.9. The van der Waals surface area contributed by atoms with Crippen LogP contribution in [-0.4, -0.2) is 44.2 Å². The highest BCUT2D eigenvalue weighted by atomic mass is 35.5. The van der Waals surface area contributed by atoms with Gasteiger partial charge in [0, 0.05) is 21.1 Å². The number of carbonyl (C=O) groups is 1. The van der Waals surface area contributed by atoms with Crippen LogP contribution in [0.5, 0.6) is 0 Å². The number of fused-ring (bicyclic) bond motifs is 1. The monoisotopic (exact) mass is 269 g/mol. The first-order valence-electron chi connectivity index (χ1n) is 5.60. The van der Waals surface area contributed by atoms with Crippen LogP contribution in [0.25, 0.3) is 11.2 Å². The van der Waals surface area contributed by atoms with Crippen LogP contribution >= 0.6 is 11.6 Å². The van der Waals surface area contributed by atoms with Gasteiger partial charge in [-0.05, 0) is 6.92 Å². The van der Waals surface area contributed by atoms with Gasteiger partial charge in [-0.3, -0.25) is 9.48 Å². The molecule has 2 rings (SSSR count). The molecule has 0 aliphatic heterocycles. The van der Waals surface area contributed by atoms with Gasteiger partial charge in [0.2, 0.25) is 5.91 Å². The van der Waals surface area contributed by atoms with E-state index in [-0.39, 0.29) is 18.3 Å². The van der Waals surface area contributed by atoms with Gasteiger partial charge in [0.05, 0.1) is 11.6 Å². The van der Waals surface area contributed by atoms with E-state index in [1.807, 2.05) is 18.5 Å². The van der Waals surface area contributed by atoms with Crippen molar-refractivity contribution in [3.8, 4) is 0 Å². The minimum absolute atomic E-state index is 0.000445. The average Bonchev–Trinajstić information content (AvgIpc) is 2.79. The van der Waals surface area contributed by atoms with Crippen molar-refractivity contribution in [2.45, 2.75) is 19.3 Å². The molecule has 0 fully saturated rings. The van der Waals surface area contributed by atoms with Crippen molar-refractivity contribution in [3.05, 3.63) is 11.5 Å². The second-order valence-electron chi connectivity index (χ2n) is 4.42. The number of alkyl halides is 1. The van der Waals surface area contributed by atoms with Crippen molar-refractivity contribution in [1.29, 1.82) is 0 Å². The van der Waals surface area contributed by atoms with Crippen molar-refractivity contribution in [1.82, 2.24) is 24.2 Å². The normalized spacial score (nSPS) is 11.2. The molecule has 98 valence electrons. The van der Waals surface area contributed by atoms with E-state index in [2.05, 4.69) is 10.1 Å². The van der Waals surface area contributed by atoms with Crippen LogP contribution in [0.4, 0.5) is 0 Å². The molecule has 0 atom stereocenters. The van der Waals surface area contributed by atoms with Crippen molar-refractivity contribution in [2.24, 2.45) is 7.05 Å². The molecule has 0 spiro atoms. The second kappa shape index (κ2) is 4.61. The zero-order chi connectivity index (χ0) is 13.4. The molecule has 0 aliphatic carbocycles. The Kier molecular flexibility index (Phi) is 3.30. The Balaban J connectivity index is 2.56. The maximum Gasteiger partial charge on any atom is 0.242 e. The standard InChI is InChI=1S/C11H16ClN5O/c1-7-10-11(16(4)14-7)17(8(5-12)13-10)6-9(18)15(2)3/h5-6H2,1-4H3. The van der Waals surface area contributed by atoms with Gasteiger partial charge in [0.25, 0.3) is 0 Å². The van der Waals surface area contributed by atoms with Gasteiger partial charge in [0.15, 0.2) is 5.65 Å². The molecule has 0 radical (unpaired) electrons. The number of carbonyl (C=O) groups excluding carboxylic acids is 1. The summed E-state index contributed by atoms with van der Waals surface area (Å²) in [6.07, 6.45) is 0. The molecule has 18 heavy (non-hydrogen) atoms. The molecule has 6 nitrogen and oxygen atoms in total. The topological polar surface area (TPSA) is 56.0 Å². The second-order valence-corrected chi connectivity index (χ2v) is 4.68. The molecule has 0 aliphatic rings. The molecular weight excluding hydrogens is 254 g/mol. The van der Waals surface area contributed by atoms with Gasteiger partial charge < -0.3 is 9.47 Å². The Labute approximate surface area is 110 Å². The van der Waals surface area contributed by atoms with Crippen LogP contribution in [0.15, 0.2) is 0 Å². The first-order chi connectivity index (χ1) is 8.45. The van der Waals surface area contributed by atoms with Crippen LogP contribution in [0.1, 0.15) is 11.5 Å². The van der Waals surface area contributed by atoms with Crippen molar-refractivity contribution < 1.29 is 4.79 Å². The predicted molar refractivity (Wildman–Crippen MR) is 69.5 cm³/mol. The Morgan fingerprint density at radius 3 is 2.67 bits per heavy atom.